The molecule has 0 bridgehead atoms. The number of aryl methyl sites for hydroxylation is 2. The van der Waals surface area contributed by atoms with E-state index >= 15 is 0 Å². The highest BCUT2D eigenvalue weighted by molar-refractivity contribution is 7.91. The molecule has 0 aliphatic carbocycles. The van der Waals surface area contributed by atoms with Gasteiger partial charge < -0.3 is 14.2 Å². The second-order valence-corrected chi connectivity index (χ2v) is 10.4. The minimum Gasteiger partial charge on any atom is -0.497 e. The van der Waals surface area contributed by atoms with Gasteiger partial charge in [-0.2, -0.15) is 0 Å². The second kappa shape index (κ2) is 8.78. The molecule has 0 spiro atoms. The van der Waals surface area contributed by atoms with Crippen molar-refractivity contribution in [2.75, 3.05) is 18.6 Å². The maximum Gasteiger partial charge on any atom is 0.276 e. The van der Waals surface area contributed by atoms with Crippen LogP contribution in [0.2, 0.25) is 0 Å². The number of rotatable bonds is 6. The van der Waals surface area contributed by atoms with Crippen LogP contribution in [0.25, 0.3) is 11.3 Å². The van der Waals surface area contributed by atoms with Gasteiger partial charge in [-0.25, -0.2) is 8.42 Å². The minimum absolute atomic E-state index is 0.0449. The average Bonchev–Trinajstić information content (AvgIpc) is 3.40. The Balaban J connectivity index is 1.62. The first-order valence-corrected chi connectivity index (χ1v) is 12.3. The molecule has 2 aromatic carbocycles. The lowest BCUT2D eigenvalue weighted by atomic mass is 10.0. The van der Waals surface area contributed by atoms with Gasteiger partial charge in [-0.05, 0) is 55.2 Å². The number of carbonyl (C=O) groups excluding carboxylic acids is 1. The molecule has 0 saturated carbocycles. The van der Waals surface area contributed by atoms with E-state index in [1.165, 1.54) is 0 Å². The van der Waals surface area contributed by atoms with Gasteiger partial charge in [-0.1, -0.05) is 29.4 Å². The molecule has 1 fully saturated rings. The van der Waals surface area contributed by atoms with Gasteiger partial charge in [0.25, 0.3) is 5.91 Å². The Hall–Kier alpha value is -3.13. The summed E-state index contributed by atoms with van der Waals surface area (Å²) in [5.41, 5.74) is 4.16. The Kier molecular flexibility index (Phi) is 6.06. The fourth-order valence-electron chi connectivity index (χ4n) is 3.87. The van der Waals surface area contributed by atoms with E-state index in [1.54, 1.807) is 18.1 Å². The Bertz CT molecular complexity index is 1230. The van der Waals surface area contributed by atoms with E-state index in [4.69, 9.17) is 9.26 Å². The number of amides is 1. The van der Waals surface area contributed by atoms with E-state index in [0.717, 1.165) is 22.3 Å². The van der Waals surface area contributed by atoms with E-state index in [1.807, 2.05) is 56.3 Å². The monoisotopic (exact) mass is 454 g/mol. The molecule has 0 N–H and O–H groups in total. The normalized spacial score (nSPS) is 17.3. The second-order valence-electron chi connectivity index (χ2n) is 8.21. The van der Waals surface area contributed by atoms with Crippen molar-refractivity contribution in [1.82, 2.24) is 10.1 Å². The summed E-state index contributed by atoms with van der Waals surface area (Å²) in [5, 5.41) is 4.01. The SMILES string of the molecule is COc1ccc(CN(C(=O)c2cc(-c3ccc(C)c(C)c3)on2)C2CCS(=O)(=O)C2)cc1. The fourth-order valence-corrected chi connectivity index (χ4v) is 5.60. The lowest BCUT2D eigenvalue weighted by Crippen LogP contribution is -2.40. The highest BCUT2D eigenvalue weighted by Crippen LogP contribution is 2.26. The molecule has 0 radical (unpaired) electrons. The number of sulfone groups is 1. The van der Waals surface area contributed by atoms with Crippen LogP contribution in [0.15, 0.2) is 53.1 Å². The zero-order valence-corrected chi connectivity index (χ0v) is 19.2. The van der Waals surface area contributed by atoms with Crippen LogP contribution in [0.5, 0.6) is 5.75 Å². The Labute approximate surface area is 187 Å². The molecule has 7 nitrogen and oxygen atoms in total. The largest absolute Gasteiger partial charge is 0.497 e. The molecule has 1 amide bonds. The molecule has 4 rings (SSSR count). The molecule has 8 heteroatoms. The number of benzene rings is 2. The molecule has 168 valence electrons. The van der Waals surface area contributed by atoms with E-state index in [0.29, 0.717) is 17.9 Å². The first kappa shape index (κ1) is 22.1. The van der Waals surface area contributed by atoms with Crippen molar-refractivity contribution in [2.45, 2.75) is 32.9 Å². The zero-order valence-electron chi connectivity index (χ0n) is 18.4. The molecule has 1 aliphatic heterocycles. The van der Waals surface area contributed by atoms with Crippen molar-refractivity contribution in [3.63, 3.8) is 0 Å². The topological polar surface area (TPSA) is 89.7 Å². The summed E-state index contributed by atoms with van der Waals surface area (Å²) < 4.78 is 34.9. The highest BCUT2D eigenvalue weighted by atomic mass is 32.2. The van der Waals surface area contributed by atoms with Crippen LogP contribution in [0.4, 0.5) is 0 Å². The summed E-state index contributed by atoms with van der Waals surface area (Å²) in [6.45, 7) is 4.31. The van der Waals surface area contributed by atoms with Crippen LogP contribution in [-0.2, 0) is 16.4 Å². The summed E-state index contributed by atoms with van der Waals surface area (Å²) in [5.74, 6) is 0.902. The maximum atomic E-state index is 13.4. The van der Waals surface area contributed by atoms with Gasteiger partial charge in [0.05, 0.1) is 18.6 Å². The molecule has 1 aromatic heterocycles. The smallest absolute Gasteiger partial charge is 0.276 e. The third kappa shape index (κ3) is 4.70. The number of aromatic nitrogens is 1. The van der Waals surface area contributed by atoms with Gasteiger partial charge in [-0.3, -0.25) is 4.79 Å². The molecule has 1 aliphatic rings. The molecule has 1 atom stereocenters. The van der Waals surface area contributed by atoms with E-state index in [-0.39, 0.29) is 29.7 Å². The van der Waals surface area contributed by atoms with Crippen LogP contribution in [0.3, 0.4) is 0 Å². The van der Waals surface area contributed by atoms with Gasteiger partial charge in [0.1, 0.15) is 5.75 Å². The Morgan fingerprint density at radius 1 is 1.12 bits per heavy atom. The van der Waals surface area contributed by atoms with Gasteiger partial charge >= 0.3 is 0 Å². The lowest BCUT2D eigenvalue weighted by molar-refractivity contribution is 0.0670. The van der Waals surface area contributed by atoms with Crippen LogP contribution >= 0.6 is 0 Å². The molecule has 3 aromatic rings. The summed E-state index contributed by atoms with van der Waals surface area (Å²) in [4.78, 5) is 15.0. The van der Waals surface area contributed by atoms with Crippen molar-refractivity contribution in [3.8, 4) is 17.1 Å². The molecule has 32 heavy (non-hydrogen) atoms. The van der Waals surface area contributed by atoms with Crippen LogP contribution in [0.1, 0.15) is 33.6 Å². The van der Waals surface area contributed by atoms with Gasteiger partial charge in [0, 0.05) is 24.2 Å². The van der Waals surface area contributed by atoms with E-state index in [9.17, 15) is 13.2 Å². The average molecular weight is 455 g/mol. The third-order valence-corrected chi connectivity index (χ3v) is 7.69. The Morgan fingerprint density at radius 3 is 2.50 bits per heavy atom. The summed E-state index contributed by atoms with van der Waals surface area (Å²) in [7, 11) is -1.57. The predicted molar refractivity (Wildman–Crippen MR) is 121 cm³/mol. The van der Waals surface area contributed by atoms with Crippen molar-refractivity contribution in [2.24, 2.45) is 0 Å². The first-order valence-electron chi connectivity index (χ1n) is 10.4. The third-order valence-electron chi connectivity index (χ3n) is 5.94. The summed E-state index contributed by atoms with van der Waals surface area (Å²) >= 11 is 0. The molecule has 1 saturated heterocycles. The number of methoxy groups -OCH3 is 1. The Morgan fingerprint density at radius 2 is 1.88 bits per heavy atom. The maximum absolute atomic E-state index is 13.4. The lowest BCUT2D eigenvalue weighted by Gasteiger charge is -2.27. The number of ether oxygens (including phenoxy) is 1. The quantitative estimate of drug-likeness (QED) is 0.563. The van der Waals surface area contributed by atoms with E-state index < -0.39 is 15.9 Å². The van der Waals surface area contributed by atoms with Crippen molar-refractivity contribution in [3.05, 3.63) is 70.9 Å². The number of nitrogens with zero attached hydrogens (tertiary/aromatic N) is 2. The summed E-state index contributed by atoms with van der Waals surface area (Å²) in [6.07, 6.45) is 0.409. The molecular weight excluding hydrogens is 428 g/mol. The standard InChI is InChI=1S/C24H26N2O5S/c1-16-4-7-19(12-17(16)2)23-13-22(25-31-23)24(27)26(20-10-11-32(28,29)15-20)14-18-5-8-21(30-3)9-6-18/h4-9,12-13,20H,10-11,14-15H2,1-3H3. The van der Waals surface area contributed by atoms with Crippen LogP contribution in [-0.4, -0.2) is 49.0 Å². The number of hydrogen-bond acceptors (Lipinski definition) is 6. The fraction of sp³-hybridized carbons (Fsp3) is 0.333. The van der Waals surface area contributed by atoms with Crippen molar-refractivity contribution >= 4 is 15.7 Å². The zero-order chi connectivity index (χ0) is 22.9. The highest BCUT2D eigenvalue weighted by Gasteiger charge is 2.36. The predicted octanol–water partition coefficient (Wildman–Crippen LogP) is 3.80. The molecule has 1 unspecified atom stereocenters. The number of carbonyl (C=O) groups is 1. The van der Waals surface area contributed by atoms with Gasteiger partial charge in [0.2, 0.25) is 0 Å². The summed E-state index contributed by atoms with van der Waals surface area (Å²) in [6, 6.07) is 14.5. The van der Waals surface area contributed by atoms with Gasteiger partial charge in [-0.15, -0.1) is 0 Å². The molecule has 2 heterocycles. The number of hydrogen-bond donors (Lipinski definition) is 0. The minimum atomic E-state index is -3.16. The molecular formula is C24H26N2O5S. The van der Waals surface area contributed by atoms with Crippen molar-refractivity contribution < 1.29 is 22.5 Å². The van der Waals surface area contributed by atoms with Crippen LogP contribution < -0.4 is 4.74 Å². The van der Waals surface area contributed by atoms with Crippen molar-refractivity contribution in [1.29, 1.82) is 0 Å². The first-order chi connectivity index (χ1) is 15.3. The van der Waals surface area contributed by atoms with Gasteiger partial charge in [0.15, 0.2) is 21.3 Å². The van der Waals surface area contributed by atoms with Crippen LogP contribution in [0, 0.1) is 13.8 Å². The van der Waals surface area contributed by atoms with E-state index in [2.05, 4.69) is 5.16 Å².